The van der Waals surface area contributed by atoms with Crippen molar-refractivity contribution in [2.75, 3.05) is 6.61 Å². The van der Waals surface area contributed by atoms with Crippen LogP contribution in [0.2, 0.25) is 0 Å². The van der Waals surface area contributed by atoms with Crippen molar-refractivity contribution in [3.63, 3.8) is 0 Å². The lowest BCUT2D eigenvalue weighted by molar-refractivity contribution is -0.143. The van der Waals surface area contributed by atoms with Gasteiger partial charge >= 0.3 is 5.97 Å². The summed E-state index contributed by atoms with van der Waals surface area (Å²) in [5.74, 6) is 2.70. The molecule has 144 valence electrons. The van der Waals surface area contributed by atoms with Gasteiger partial charge in [-0.25, -0.2) is 0 Å². The SMILES string of the molecule is C[C@]12CCOC(=O)C[C@@H]1CC[C@@H]1[C@@H]2CC[C@]2(C)C(c3cnccn3)=CC[C@@H]12. The number of rotatable bonds is 1. The zero-order chi connectivity index (χ0) is 18.6. The van der Waals surface area contributed by atoms with Crippen LogP contribution >= 0.6 is 0 Å². The first-order chi connectivity index (χ1) is 13.0. The molecule has 1 aliphatic heterocycles. The fraction of sp³-hybridized carbons (Fsp3) is 0.696. The highest BCUT2D eigenvalue weighted by Gasteiger charge is 2.58. The molecule has 1 aromatic rings. The first-order valence-corrected chi connectivity index (χ1v) is 10.6. The minimum atomic E-state index is 0.0234. The molecule has 2 heterocycles. The molecule has 0 bridgehead atoms. The number of nitrogens with zero attached hydrogens (tertiary/aromatic N) is 2. The second-order valence-corrected chi connectivity index (χ2v) is 9.73. The maximum Gasteiger partial charge on any atom is 0.306 e. The number of hydrogen-bond donors (Lipinski definition) is 0. The monoisotopic (exact) mass is 366 g/mol. The lowest BCUT2D eigenvalue weighted by atomic mass is 9.46. The standard InChI is InChI=1S/C23H30N2O2/c1-22-9-12-27-21(26)13-15(22)3-4-16-17-5-6-19(20-14-24-10-11-25-20)23(17,2)8-7-18(16)22/h6,10-11,14-18H,3-5,7-9,12-13H2,1-2H3/t15-,16-,17-,18-,22-,23-/m0/s1. The highest BCUT2D eigenvalue weighted by atomic mass is 16.5. The van der Waals surface area contributed by atoms with Gasteiger partial charge in [0.05, 0.1) is 18.5 Å². The van der Waals surface area contributed by atoms with Gasteiger partial charge in [-0.3, -0.25) is 14.8 Å². The van der Waals surface area contributed by atoms with Crippen molar-refractivity contribution >= 4 is 11.5 Å². The molecule has 0 unspecified atom stereocenters. The molecule has 6 atom stereocenters. The van der Waals surface area contributed by atoms with Crippen LogP contribution in [0.5, 0.6) is 0 Å². The number of ether oxygens (including phenoxy) is 1. The summed E-state index contributed by atoms with van der Waals surface area (Å²) in [7, 11) is 0. The summed E-state index contributed by atoms with van der Waals surface area (Å²) in [5.41, 5.74) is 2.96. The van der Waals surface area contributed by atoms with Crippen LogP contribution in [-0.4, -0.2) is 22.5 Å². The molecule has 27 heavy (non-hydrogen) atoms. The minimum Gasteiger partial charge on any atom is -0.466 e. The van der Waals surface area contributed by atoms with Gasteiger partial charge in [0.1, 0.15) is 0 Å². The van der Waals surface area contributed by atoms with Crippen LogP contribution in [0.4, 0.5) is 0 Å². The van der Waals surface area contributed by atoms with Gasteiger partial charge in [0.2, 0.25) is 0 Å². The molecule has 4 aliphatic rings. The van der Waals surface area contributed by atoms with E-state index in [9.17, 15) is 4.79 Å². The van der Waals surface area contributed by atoms with Crippen LogP contribution in [0.15, 0.2) is 24.7 Å². The Balaban J connectivity index is 1.45. The molecule has 4 nitrogen and oxygen atoms in total. The van der Waals surface area contributed by atoms with Crippen LogP contribution in [-0.2, 0) is 9.53 Å². The molecule has 4 heteroatoms. The van der Waals surface area contributed by atoms with Gasteiger partial charge in [0.25, 0.3) is 0 Å². The van der Waals surface area contributed by atoms with Gasteiger partial charge in [-0.1, -0.05) is 19.9 Å². The zero-order valence-electron chi connectivity index (χ0n) is 16.5. The first-order valence-electron chi connectivity index (χ1n) is 10.6. The van der Waals surface area contributed by atoms with E-state index in [4.69, 9.17) is 4.74 Å². The molecule has 3 fully saturated rings. The van der Waals surface area contributed by atoms with Crippen LogP contribution < -0.4 is 0 Å². The maximum atomic E-state index is 12.0. The number of aromatic nitrogens is 2. The lowest BCUT2D eigenvalue weighted by Gasteiger charge is -2.58. The minimum absolute atomic E-state index is 0.0234. The van der Waals surface area contributed by atoms with Crippen molar-refractivity contribution in [2.45, 2.75) is 58.8 Å². The fourth-order valence-electron chi connectivity index (χ4n) is 7.31. The lowest BCUT2D eigenvalue weighted by Crippen LogP contribution is -2.51. The normalized spacial score (nSPS) is 43.6. The molecule has 3 aliphatic carbocycles. The second-order valence-electron chi connectivity index (χ2n) is 9.73. The molecule has 1 saturated heterocycles. The van der Waals surface area contributed by atoms with Crippen LogP contribution in [0.1, 0.15) is 64.5 Å². The molecule has 1 aromatic heterocycles. The van der Waals surface area contributed by atoms with Gasteiger partial charge in [0, 0.05) is 18.8 Å². The van der Waals surface area contributed by atoms with Crippen molar-refractivity contribution in [1.29, 1.82) is 0 Å². The van der Waals surface area contributed by atoms with Crippen LogP contribution in [0.3, 0.4) is 0 Å². The Kier molecular flexibility index (Phi) is 3.96. The number of allylic oxidation sites excluding steroid dienone is 2. The highest BCUT2D eigenvalue weighted by Crippen LogP contribution is 2.66. The average molecular weight is 367 g/mol. The van der Waals surface area contributed by atoms with Crippen molar-refractivity contribution in [3.8, 4) is 0 Å². The van der Waals surface area contributed by atoms with Crippen LogP contribution in [0, 0.1) is 34.5 Å². The van der Waals surface area contributed by atoms with E-state index in [-0.39, 0.29) is 16.8 Å². The third-order valence-electron chi connectivity index (χ3n) is 8.80. The van der Waals surface area contributed by atoms with Crippen molar-refractivity contribution in [2.24, 2.45) is 34.5 Å². The third-order valence-corrected chi connectivity index (χ3v) is 8.80. The Morgan fingerprint density at radius 3 is 2.81 bits per heavy atom. The van der Waals surface area contributed by atoms with E-state index in [0.717, 1.165) is 24.0 Å². The Morgan fingerprint density at radius 1 is 1.11 bits per heavy atom. The number of esters is 1. The number of carbonyl (C=O) groups excluding carboxylic acids is 1. The summed E-state index contributed by atoms with van der Waals surface area (Å²) >= 11 is 0. The molecular weight excluding hydrogens is 336 g/mol. The van der Waals surface area contributed by atoms with E-state index in [1.165, 1.54) is 37.7 Å². The van der Waals surface area contributed by atoms with E-state index in [1.807, 2.05) is 12.4 Å². The van der Waals surface area contributed by atoms with Gasteiger partial charge in [-0.15, -0.1) is 0 Å². The van der Waals surface area contributed by atoms with E-state index >= 15 is 0 Å². The summed E-state index contributed by atoms with van der Waals surface area (Å²) < 4.78 is 5.46. The van der Waals surface area contributed by atoms with Crippen molar-refractivity contribution < 1.29 is 9.53 Å². The Bertz CT molecular complexity index is 776. The Morgan fingerprint density at radius 2 is 2.00 bits per heavy atom. The maximum absolute atomic E-state index is 12.0. The molecule has 5 rings (SSSR count). The second kappa shape index (κ2) is 6.15. The number of fused-ring (bicyclic) bond motifs is 5. The quantitative estimate of drug-likeness (QED) is 0.678. The fourth-order valence-corrected chi connectivity index (χ4v) is 7.31. The van der Waals surface area contributed by atoms with Gasteiger partial charge < -0.3 is 4.74 Å². The predicted molar refractivity (Wildman–Crippen MR) is 103 cm³/mol. The molecule has 0 amide bonds. The summed E-state index contributed by atoms with van der Waals surface area (Å²) in [4.78, 5) is 21.0. The summed E-state index contributed by atoms with van der Waals surface area (Å²) in [6, 6.07) is 0. The van der Waals surface area contributed by atoms with Crippen LogP contribution in [0.25, 0.3) is 5.57 Å². The van der Waals surface area contributed by atoms with E-state index in [0.29, 0.717) is 24.9 Å². The third kappa shape index (κ3) is 2.51. The van der Waals surface area contributed by atoms with Crippen molar-refractivity contribution in [1.82, 2.24) is 9.97 Å². The largest absolute Gasteiger partial charge is 0.466 e. The van der Waals surface area contributed by atoms with Crippen molar-refractivity contribution in [3.05, 3.63) is 30.4 Å². The van der Waals surface area contributed by atoms with Gasteiger partial charge in [-0.2, -0.15) is 0 Å². The summed E-state index contributed by atoms with van der Waals surface area (Å²) in [5, 5.41) is 0. The first kappa shape index (κ1) is 17.4. The Labute approximate surface area is 161 Å². The zero-order valence-corrected chi connectivity index (χ0v) is 16.5. The predicted octanol–water partition coefficient (Wildman–Crippen LogP) is 4.67. The smallest absolute Gasteiger partial charge is 0.306 e. The molecule has 0 N–H and O–H groups in total. The number of cyclic esters (lactones) is 1. The van der Waals surface area contributed by atoms with Gasteiger partial charge in [-0.05, 0) is 78.6 Å². The molecular formula is C23H30N2O2. The summed E-state index contributed by atoms with van der Waals surface area (Å²) in [6.07, 6.45) is 15.7. The van der Waals surface area contributed by atoms with E-state index in [2.05, 4.69) is 29.9 Å². The molecule has 0 spiro atoms. The molecule has 2 saturated carbocycles. The van der Waals surface area contributed by atoms with Gasteiger partial charge in [0.15, 0.2) is 0 Å². The van der Waals surface area contributed by atoms with E-state index < -0.39 is 0 Å². The van der Waals surface area contributed by atoms with E-state index in [1.54, 1.807) is 6.20 Å². The molecule has 0 radical (unpaired) electrons. The average Bonchev–Trinajstić information content (AvgIpc) is 2.93. The highest BCUT2D eigenvalue weighted by molar-refractivity contribution is 5.71. The Hall–Kier alpha value is -1.71. The summed E-state index contributed by atoms with van der Waals surface area (Å²) in [6.45, 7) is 5.54. The number of hydrogen-bond acceptors (Lipinski definition) is 4. The molecule has 0 aromatic carbocycles. The number of carbonyl (C=O) groups is 1. The topological polar surface area (TPSA) is 52.1 Å².